The Morgan fingerprint density at radius 1 is 1.09 bits per heavy atom. The van der Waals surface area contributed by atoms with Gasteiger partial charge in [0.05, 0.1) is 0 Å². The Morgan fingerprint density at radius 2 is 1.65 bits per heavy atom. The van der Waals surface area contributed by atoms with E-state index in [-0.39, 0.29) is 19.6 Å². The van der Waals surface area contributed by atoms with E-state index in [0.29, 0.717) is 19.0 Å². The molecule has 11 heteroatoms. The summed E-state index contributed by atoms with van der Waals surface area (Å²) in [5.41, 5.74) is 25.3. The molecule has 0 aromatic rings. The van der Waals surface area contributed by atoms with E-state index >= 15 is 0 Å². The van der Waals surface area contributed by atoms with Crippen LogP contribution in [-0.2, 0) is 0 Å². The van der Waals surface area contributed by atoms with Gasteiger partial charge in [0.15, 0.2) is 0 Å². The summed E-state index contributed by atoms with van der Waals surface area (Å²) < 4.78 is 0. The van der Waals surface area contributed by atoms with Crippen molar-refractivity contribution in [3.05, 3.63) is 31.3 Å². The standard InChI is InChI=1S/C12H19N11/c1-9-2-11(5-18-21-13,6-19-22-14)4-12(3-9,7-20-23-15)10-16-8-17-10/h9H,2-8H2,1H3,(H,16,17). The largest absolute Gasteiger partial charge is 0.354 e. The molecule has 0 aromatic carbocycles. The van der Waals surface area contributed by atoms with Gasteiger partial charge in [0, 0.05) is 39.8 Å². The van der Waals surface area contributed by atoms with Crippen LogP contribution in [0, 0.1) is 16.7 Å². The van der Waals surface area contributed by atoms with Gasteiger partial charge < -0.3 is 5.32 Å². The Balaban J connectivity index is 2.40. The van der Waals surface area contributed by atoms with Crippen molar-refractivity contribution in [3.63, 3.8) is 0 Å². The summed E-state index contributed by atoms with van der Waals surface area (Å²) in [4.78, 5) is 13.0. The third kappa shape index (κ3) is 3.60. The van der Waals surface area contributed by atoms with Crippen LogP contribution in [0.15, 0.2) is 20.3 Å². The van der Waals surface area contributed by atoms with Crippen molar-refractivity contribution >= 4 is 5.84 Å². The number of nitrogens with zero attached hydrogens (tertiary/aromatic N) is 10. The van der Waals surface area contributed by atoms with Crippen molar-refractivity contribution in [2.75, 3.05) is 26.3 Å². The second kappa shape index (κ2) is 7.11. The monoisotopic (exact) mass is 317 g/mol. The van der Waals surface area contributed by atoms with Crippen molar-refractivity contribution < 1.29 is 0 Å². The average molecular weight is 317 g/mol. The second-order valence-corrected chi connectivity index (χ2v) is 6.48. The highest BCUT2D eigenvalue weighted by atomic mass is 15.2. The van der Waals surface area contributed by atoms with E-state index in [2.05, 4.69) is 47.3 Å². The maximum absolute atomic E-state index is 8.73. The van der Waals surface area contributed by atoms with Crippen LogP contribution in [0.5, 0.6) is 0 Å². The highest BCUT2D eigenvalue weighted by Gasteiger charge is 2.50. The van der Waals surface area contributed by atoms with E-state index < -0.39 is 10.8 Å². The minimum atomic E-state index is -0.444. The number of azide groups is 3. The third-order valence-electron chi connectivity index (χ3n) is 4.60. The molecule has 0 amide bonds. The van der Waals surface area contributed by atoms with Crippen LogP contribution >= 0.6 is 0 Å². The molecule has 2 aliphatic rings. The van der Waals surface area contributed by atoms with Crippen LogP contribution in [0.1, 0.15) is 26.2 Å². The molecule has 23 heavy (non-hydrogen) atoms. The fraction of sp³-hybridized carbons (Fsp3) is 0.917. The van der Waals surface area contributed by atoms with Crippen molar-refractivity contribution in [3.8, 4) is 0 Å². The highest BCUT2D eigenvalue weighted by molar-refractivity contribution is 5.91. The normalized spacial score (nSPS) is 32.0. The van der Waals surface area contributed by atoms with Gasteiger partial charge in [-0.25, -0.2) is 0 Å². The lowest BCUT2D eigenvalue weighted by atomic mass is 9.58. The molecular formula is C12H19N11. The summed E-state index contributed by atoms with van der Waals surface area (Å²) in [6.07, 6.45) is 2.22. The molecule has 1 saturated carbocycles. The van der Waals surface area contributed by atoms with E-state index in [1.54, 1.807) is 0 Å². The number of nitrogens with one attached hydrogen (secondary N) is 1. The highest BCUT2D eigenvalue weighted by Crippen LogP contribution is 2.51. The lowest BCUT2D eigenvalue weighted by Gasteiger charge is -2.51. The Kier molecular flexibility index (Phi) is 5.18. The molecule has 2 rings (SSSR count). The fourth-order valence-corrected chi connectivity index (χ4v) is 4.05. The number of rotatable bonds is 7. The number of hydrogen-bond acceptors (Lipinski definition) is 5. The van der Waals surface area contributed by atoms with Crippen LogP contribution in [0.4, 0.5) is 0 Å². The molecule has 1 fully saturated rings. The molecule has 1 heterocycles. The summed E-state index contributed by atoms with van der Waals surface area (Å²) in [5, 5.41) is 14.5. The zero-order valence-electron chi connectivity index (χ0n) is 13.0. The van der Waals surface area contributed by atoms with Gasteiger partial charge in [-0.2, -0.15) is 0 Å². The molecule has 122 valence electrons. The minimum absolute atomic E-state index is 0.248. The molecule has 2 atom stereocenters. The number of aliphatic imine (C=N–C) groups is 1. The predicted molar refractivity (Wildman–Crippen MR) is 85.4 cm³/mol. The van der Waals surface area contributed by atoms with Crippen molar-refractivity contribution in [2.45, 2.75) is 26.2 Å². The smallest absolute Gasteiger partial charge is 0.110 e. The molecule has 0 aromatic heterocycles. The van der Waals surface area contributed by atoms with Crippen LogP contribution in [0.25, 0.3) is 31.3 Å². The van der Waals surface area contributed by atoms with E-state index in [9.17, 15) is 0 Å². The topological polar surface area (TPSA) is 171 Å². The van der Waals surface area contributed by atoms with Gasteiger partial charge in [-0.1, -0.05) is 22.3 Å². The van der Waals surface area contributed by atoms with E-state index in [4.69, 9.17) is 16.6 Å². The molecule has 1 aliphatic heterocycles. The Labute approximate surface area is 133 Å². The van der Waals surface area contributed by atoms with E-state index in [1.165, 1.54) is 0 Å². The van der Waals surface area contributed by atoms with Crippen LogP contribution in [0.3, 0.4) is 0 Å². The number of amidine groups is 1. The van der Waals surface area contributed by atoms with Gasteiger partial charge in [0.2, 0.25) is 0 Å². The van der Waals surface area contributed by atoms with Gasteiger partial charge in [0.1, 0.15) is 12.5 Å². The molecule has 1 aliphatic carbocycles. The Bertz CT molecular complexity index is 601. The molecule has 0 saturated heterocycles. The zero-order chi connectivity index (χ0) is 16.8. The fourth-order valence-electron chi connectivity index (χ4n) is 4.05. The summed E-state index contributed by atoms with van der Waals surface area (Å²) in [6.45, 7) is 3.44. The lowest BCUT2D eigenvalue weighted by molar-refractivity contribution is 0.0799. The molecule has 0 spiro atoms. The van der Waals surface area contributed by atoms with Crippen LogP contribution < -0.4 is 5.32 Å². The summed E-state index contributed by atoms with van der Waals surface area (Å²) in [5.74, 6) is 1.13. The minimum Gasteiger partial charge on any atom is -0.354 e. The van der Waals surface area contributed by atoms with Gasteiger partial charge in [-0.15, -0.1) is 0 Å². The molecule has 1 N–H and O–H groups in total. The first-order chi connectivity index (χ1) is 11.1. The Hall–Kier alpha value is -2.60. The molecule has 11 nitrogen and oxygen atoms in total. The summed E-state index contributed by atoms with van der Waals surface area (Å²) >= 11 is 0. The molecular weight excluding hydrogens is 298 g/mol. The second-order valence-electron chi connectivity index (χ2n) is 6.48. The lowest BCUT2D eigenvalue weighted by Crippen LogP contribution is -2.55. The first-order valence-corrected chi connectivity index (χ1v) is 7.41. The first kappa shape index (κ1) is 16.8. The first-order valence-electron chi connectivity index (χ1n) is 7.41. The molecule has 0 radical (unpaired) electrons. The van der Waals surface area contributed by atoms with E-state index in [0.717, 1.165) is 18.7 Å². The van der Waals surface area contributed by atoms with E-state index in [1.807, 2.05) is 0 Å². The van der Waals surface area contributed by atoms with Gasteiger partial charge in [-0.3, -0.25) is 4.99 Å². The third-order valence-corrected chi connectivity index (χ3v) is 4.60. The van der Waals surface area contributed by atoms with Gasteiger partial charge in [-0.05, 0) is 47.2 Å². The van der Waals surface area contributed by atoms with Crippen LogP contribution in [-0.4, -0.2) is 32.1 Å². The van der Waals surface area contributed by atoms with Gasteiger partial charge in [0.25, 0.3) is 0 Å². The average Bonchev–Trinajstić information content (AvgIpc) is 2.47. The number of hydrogen-bond donors (Lipinski definition) is 1. The maximum atomic E-state index is 8.73. The zero-order valence-corrected chi connectivity index (χ0v) is 13.0. The van der Waals surface area contributed by atoms with Crippen molar-refractivity contribution in [1.29, 1.82) is 0 Å². The quantitative estimate of drug-likeness (QED) is 0.421. The van der Waals surface area contributed by atoms with Crippen molar-refractivity contribution in [2.24, 2.45) is 37.1 Å². The Morgan fingerprint density at radius 3 is 2.13 bits per heavy atom. The van der Waals surface area contributed by atoms with Gasteiger partial charge >= 0.3 is 0 Å². The van der Waals surface area contributed by atoms with Crippen LogP contribution in [0.2, 0.25) is 0 Å². The predicted octanol–water partition coefficient (Wildman–Crippen LogP) is 3.67. The summed E-state index contributed by atoms with van der Waals surface area (Å²) in [7, 11) is 0. The van der Waals surface area contributed by atoms with Crippen molar-refractivity contribution in [1.82, 2.24) is 5.32 Å². The summed E-state index contributed by atoms with van der Waals surface area (Å²) in [6, 6.07) is 0. The molecule has 2 unspecified atom stereocenters. The SMILES string of the molecule is CC1CC(CN=[N+]=[N-])(CN=[N+]=[N-])CC(CN=[N+]=[N-])(C2=NCN2)C1. The molecule has 0 bridgehead atoms. The maximum Gasteiger partial charge on any atom is 0.110 e.